The Labute approximate surface area is 200 Å². The fraction of sp³-hybridized carbons (Fsp3) is 0.154. The molecule has 34 heavy (non-hydrogen) atoms. The highest BCUT2D eigenvalue weighted by molar-refractivity contribution is 7.92. The first kappa shape index (κ1) is 23.3. The largest absolute Gasteiger partial charge is 0.487 e. The highest BCUT2D eigenvalue weighted by Crippen LogP contribution is 2.23. The molecule has 4 aromatic rings. The van der Waals surface area contributed by atoms with Crippen molar-refractivity contribution in [2.75, 3.05) is 16.2 Å². The summed E-state index contributed by atoms with van der Waals surface area (Å²) in [5.41, 5.74) is 2.50. The Morgan fingerprint density at radius 3 is 2.44 bits per heavy atom. The van der Waals surface area contributed by atoms with Crippen LogP contribution >= 0.6 is 0 Å². The average molecular weight is 475 g/mol. The minimum absolute atomic E-state index is 0.147. The molecule has 2 aromatic heterocycles. The molecule has 0 amide bonds. The third-order valence-corrected chi connectivity index (χ3v) is 7.03. The van der Waals surface area contributed by atoms with Crippen LogP contribution in [0.1, 0.15) is 18.2 Å². The zero-order chi connectivity index (χ0) is 23.8. The summed E-state index contributed by atoms with van der Waals surface area (Å²) in [4.78, 5) is 8.72. The molecule has 0 spiro atoms. The van der Waals surface area contributed by atoms with E-state index in [0.717, 1.165) is 17.0 Å². The number of anilines is 2. The zero-order valence-corrected chi connectivity index (χ0v) is 19.7. The van der Waals surface area contributed by atoms with Crippen molar-refractivity contribution in [3.8, 4) is 5.75 Å². The predicted molar refractivity (Wildman–Crippen MR) is 133 cm³/mol. The van der Waals surface area contributed by atoms with Gasteiger partial charge in [-0.3, -0.25) is 9.29 Å². The number of rotatable bonds is 10. The van der Waals surface area contributed by atoms with E-state index in [-0.39, 0.29) is 4.90 Å². The highest BCUT2D eigenvalue weighted by atomic mass is 32.2. The van der Waals surface area contributed by atoms with E-state index in [1.807, 2.05) is 67.6 Å². The number of ether oxygens (including phenoxy) is 1. The molecule has 2 aromatic carbocycles. The van der Waals surface area contributed by atoms with Crippen molar-refractivity contribution >= 4 is 21.5 Å². The lowest BCUT2D eigenvalue weighted by molar-refractivity contribution is 0.301. The van der Waals surface area contributed by atoms with E-state index in [0.29, 0.717) is 31.2 Å². The van der Waals surface area contributed by atoms with Gasteiger partial charge in [-0.1, -0.05) is 36.4 Å². The molecule has 0 unspecified atom stereocenters. The summed E-state index contributed by atoms with van der Waals surface area (Å²) in [7, 11) is -3.70. The molecule has 7 nitrogen and oxygen atoms in total. The maximum atomic E-state index is 13.1. The van der Waals surface area contributed by atoms with Gasteiger partial charge in [0.15, 0.2) is 0 Å². The summed E-state index contributed by atoms with van der Waals surface area (Å²) in [6.07, 6.45) is 3.12. The third kappa shape index (κ3) is 5.71. The third-order valence-electron chi connectivity index (χ3n) is 5.14. The van der Waals surface area contributed by atoms with Gasteiger partial charge in [0, 0.05) is 25.5 Å². The van der Waals surface area contributed by atoms with Gasteiger partial charge in [-0.05, 0) is 61.0 Å². The Hall–Kier alpha value is -3.91. The quantitative estimate of drug-likeness (QED) is 0.353. The summed E-state index contributed by atoms with van der Waals surface area (Å²) >= 11 is 0. The Morgan fingerprint density at radius 1 is 0.912 bits per heavy atom. The zero-order valence-electron chi connectivity index (χ0n) is 18.8. The second kappa shape index (κ2) is 10.8. The first-order valence-corrected chi connectivity index (χ1v) is 12.4. The van der Waals surface area contributed by atoms with E-state index in [1.165, 1.54) is 10.5 Å². The molecule has 0 saturated carbocycles. The van der Waals surface area contributed by atoms with Crippen LogP contribution in [-0.2, 0) is 23.2 Å². The van der Waals surface area contributed by atoms with E-state index in [1.54, 1.807) is 30.5 Å². The number of hydrogen-bond donors (Lipinski definition) is 1. The number of aromatic nitrogens is 2. The van der Waals surface area contributed by atoms with Gasteiger partial charge in [0.05, 0.1) is 11.4 Å². The number of para-hydroxylation sites is 1. The molecule has 0 atom stereocenters. The molecule has 0 aliphatic rings. The summed E-state index contributed by atoms with van der Waals surface area (Å²) < 4.78 is 33.4. The average Bonchev–Trinajstić information content (AvgIpc) is 2.88. The summed E-state index contributed by atoms with van der Waals surface area (Å²) in [6, 6.07) is 25.8. The Morgan fingerprint density at radius 2 is 1.74 bits per heavy atom. The molecule has 0 bridgehead atoms. The van der Waals surface area contributed by atoms with Crippen molar-refractivity contribution in [2.45, 2.75) is 25.0 Å². The molecule has 0 saturated heterocycles. The number of nitrogens with one attached hydrogen (secondary N) is 1. The van der Waals surface area contributed by atoms with Gasteiger partial charge in [0.2, 0.25) is 0 Å². The second-order valence-corrected chi connectivity index (χ2v) is 9.36. The van der Waals surface area contributed by atoms with Crippen LogP contribution < -0.4 is 14.4 Å². The van der Waals surface area contributed by atoms with Crippen LogP contribution in [0.4, 0.5) is 11.5 Å². The van der Waals surface area contributed by atoms with Crippen molar-refractivity contribution in [2.24, 2.45) is 0 Å². The maximum Gasteiger partial charge on any atom is 0.265 e. The Kier molecular flexibility index (Phi) is 7.39. The fourth-order valence-corrected chi connectivity index (χ4v) is 4.85. The maximum absolute atomic E-state index is 13.1. The molecule has 1 N–H and O–H groups in total. The Bertz CT molecular complexity index is 1300. The summed E-state index contributed by atoms with van der Waals surface area (Å²) in [5.74, 6) is 1.33. The molecule has 174 valence electrons. The van der Waals surface area contributed by atoms with Crippen LogP contribution in [0.3, 0.4) is 0 Å². The summed E-state index contributed by atoms with van der Waals surface area (Å²) in [5, 5.41) is 3.23. The molecule has 0 aliphatic heterocycles. The van der Waals surface area contributed by atoms with Gasteiger partial charge < -0.3 is 10.1 Å². The van der Waals surface area contributed by atoms with Crippen molar-refractivity contribution < 1.29 is 13.2 Å². The summed E-state index contributed by atoms with van der Waals surface area (Å²) in [6.45, 7) is 3.05. The fourth-order valence-electron chi connectivity index (χ4n) is 3.43. The molecule has 2 heterocycles. The molecule has 8 heteroatoms. The molecule has 0 radical (unpaired) electrons. The lowest BCUT2D eigenvalue weighted by Gasteiger charge is -2.22. The van der Waals surface area contributed by atoms with Crippen LogP contribution in [0, 0.1) is 0 Å². The normalized spacial score (nSPS) is 11.1. The lowest BCUT2D eigenvalue weighted by Crippen LogP contribution is -2.30. The van der Waals surface area contributed by atoms with E-state index in [2.05, 4.69) is 15.3 Å². The van der Waals surface area contributed by atoms with E-state index in [4.69, 9.17) is 4.74 Å². The van der Waals surface area contributed by atoms with Gasteiger partial charge in [-0.2, -0.15) is 0 Å². The van der Waals surface area contributed by atoms with Crippen LogP contribution in [0.2, 0.25) is 0 Å². The van der Waals surface area contributed by atoms with Crippen LogP contribution in [-0.4, -0.2) is 24.9 Å². The van der Waals surface area contributed by atoms with Gasteiger partial charge in [-0.15, -0.1) is 0 Å². The minimum atomic E-state index is -3.70. The molecule has 4 rings (SSSR count). The standard InChI is InChI=1S/C26H26N4O3S/c1-2-30(23-11-4-3-5-12-23)34(31,32)25-14-15-26(29-19-25)28-18-21-9-8-13-24(17-21)33-20-22-10-6-7-16-27-22/h3-17,19H,2,18,20H2,1H3,(H,28,29). The van der Waals surface area contributed by atoms with Gasteiger partial charge in [-0.25, -0.2) is 13.4 Å². The lowest BCUT2D eigenvalue weighted by atomic mass is 10.2. The number of hydrogen-bond acceptors (Lipinski definition) is 6. The predicted octanol–water partition coefficient (Wildman–Crippen LogP) is 4.88. The van der Waals surface area contributed by atoms with E-state index < -0.39 is 10.0 Å². The van der Waals surface area contributed by atoms with Crippen LogP contribution in [0.25, 0.3) is 0 Å². The molecule has 0 fully saturated rings. The first-order chi connectivity index (χ1) is 16.6. The van der Waals surface area contributed by atoms with Crippen LogP contribution in [0.5, 0.6) is 5.75 Å². The molecular weight excluding hydrogens is 448 g/mol. The van der Waals surface area contributed by atoms with Gasteiger partial charge >= 0.3 is 0 Å². The smallest absolute Gasteiger partial charge is 0.265 e. The van der Waals surface area contributed by atoms with Crippen molar-refractivity contribution in [1.82, 2.24) is 9.97 Å². The first-order valence-electron chi connectivity index (χ1n) is 11.0. The number of benzene rings is 2. The highest BCUT2D eigenvalue weighted by Gasteiger charge is 2.23. The van der Waals surface area contributed by atoms with Crippen molar-refractivity contribution in [1.29, 1.82) is 0 Å². The van der Waals surface area contributed by atoms with Gasteiger partial charge in [0.1, 0.15) is 23.1 Å². The Balaban J connectivity index is 1.38. The monoisotopic (exact) mass is 474 g/mol. The van der Waals surface area contributed by atoms with Crippen LogP contribution in [0.15, 0.2) is 102 Å². The number of sulfonamides is 1. The molecular formula is C26H26N4O3S. The number of pyridine rings is 2. The van der Waals surface area contributed by atoms with E-state index >= 15 is 0 Å². The van der Waals surface area contributed by atoms with Crippen molar-refractivity contribution in [3.05, 3.63) is 109 Å². The SMILES string of the molecule is CCN(c1ccccc1)S(=O)(=O)c1ccc(NCc2cccc(OCc3ccccn3)c2)nc1. The van der Waals surface area contributed by atoms with Crippen molar-refractivity contribution in [3.63, 3.8) is 0 Å². The topological polar surface area (TPSA) is 84.4 Å². The second-order valence-electron chi connectivity index (χ2n) is 7.50. The number of nitrogens with zero attached hydrogens (tertiary/aromatic N) is 3. The van der Waals surface area contributed by atoms with E-state index in [9.17, 15) is 8.42 Å². The minimum Gasteiger partial charge on any atom is -0.487 e. The van der Waals surface area contributed by atoms with Gasteiger partial charge in [0.25, 0.3) is 10.0 Å². The molecule has 0 aliphatic carbocycles.